The number of fused-ring (bicyclic) bond motifs is 1. The number of amides is 1. The van der Waals surface area contributed by atoms with Crippen molar-refractivity contribution < 1.29 is 4.79 Å². The van der Waals surface area contributed by atoms with Crippen molar-refractivity contribution in [1.29, 1.82) is 0 Å². The molecule has 1 N–H and O–H groups in total. The maximum Gasteiger partial charge on any atom is 0.258 e. The molecule has 0 aliphatic heterocycles. The van der Waals surface area contributed by atoms with E-state index in [1.807, 2.05) is 11.4 Å². The molecule has 1 amide bonds. The van der Waals surface area contributed by atoms with Gasteiger partial charge in [0.25, 0.3) is 5.91 Å². The average molecular weight is 323 g/mol. The summed E-state index contributed by atoms with van der Waals surface area (Å²) in [5.41, 5.74) is 1.01. The van der Waals surface area contributed by atoms with E-state index in [-0.39, 0.29) is 5.91 Å². The van der Waals surface area contributed by atoms with Gasteiger partial charge in [-0.3, -0.25) is 4.79 Å². The molecule has 3 nitrogen and oxygen atoms in total. The highest BCUT2D eigenvalue weighted by Crippen LogP contribution is 2.29. The highest BCUT2D eigenvalue weighted by Gasteiger charge is 2.14. The molecule has 0 spiro atoms. The van der Waals surface area contributed by atoms with Crippen molar-refractivity contribution in [2.75, 3.05) is 5.32 Å². The number of thiophene rings is 1. The van der Waals surface area contributed by atoms with Crippen LogP contribution >= 0.6 is 34.5 Å². The Morgan fingerprint density at radius 2 is 1.90 bits per heavy atom. The lowest BCUT2D eigenvalue weighted by Crippen LogP contribution is -2.12. The van der Waals surface area contributed by atoms with Crippen LogP contribution in [0.5, 0.6) is 0 Å². The van der Waals surface area contributed by atoms with Gasteiger partial charge in [0.15, 0.2) is 0 Å². The van der Waals surface area contributed by atoms with Crippen LogP contribution in [0.25, 0.3) is 10.2 Å². The lowest BCUT2D eigenvalue weighted by molar-refractivity contribution is 0.102. The summed E-state index contributed by atoms with van der Waals surface area (Å²) in [6.45, 7) is 0. The molecule has 0 aliphatic carbocycles. The molecule has 2 heterocycles. The van der Waals surface area contributed by atoms with Crippen molar-refractivity contribution in [1.82, 2.24) is 4.98 Å². The van der Waals surface area contributed by atoms with Gasteiger partial charge < -0.3 is 5.32 Å². The van der Waals surface area contributed by atoms with Crippen LogP contribution < -0.4 is 5.32 Å². The molecule has 100 valence electrons. The Labute approximate surface area is 129 Å². The van der Waals surface area contributed by atoms with Crippen molar-refractivity contribution >= 4 is 56.3 Å². The van der Waals surface area contributed by atoms with Gasteiger partial charge in [-0.1, -0.05) is 23.2 Å². The number of hydrogen-bond donors (Lipinski definition) is 1. The minimum absolute atomic E-state index is 0.294. The van der Waals surface area contributed by atoms with E-state index in [4.69, 9.17) is 23.2 Å². The largest absolute Gasteiger partial charge is 0.322 e. The first-order valence-electron chi connectivity index (χ1n) is 5.74. The van der Waals surface area contributed by atoms with E-state index in [2.05, 4.69) is 10.3 Å². The van der Waals surface area contributed by atoms with E-state index in [0.717, 1.165) is 10.2 Å². The Morgan fingerprint density at radius 1 is 1.15 bits per heavy atom. The SMILES string of the molecule is O=C(Nc1ccc(Cl)cc1)c1cnc2sccc2c1Cl. The highest BCUT2D eigenvalue weighted by molar-refractivity contribution is 7.16. The average Bonchev–Trinajstić information content (AvgIpc) is 2.91. The molecule has 0 atom stereocenters. The number of anilines is 1. The van der Waals surface area contributed by atoms with Gasteiger partial charge in [0.1, 0.15) is 4.83 Å². The number of nitrogens with zero attached hydrogens (tertiary/aromatic N) is 1. The molecule has 3 aromatic rings. The number of halogens is 2. The maximum atomic E-state index is 12.2. The monoisotopic (exact) mass is 322 g/mol. The molecule has 0 saturated heterocycles. The second kappa shape index (κ2) is 5.40. The summed E-state index contributed by atoms with van der Waals surface area (Å²) < 4.78 is 0. The Balaban J connectivity index is 1.92. The van der Waals surface area contributed by atoms with Crippen LogP contribution in [0.1, 0.15) is 10.4 Å². The van der Waals surface area contributed by atoms with E-state index in [0.29, 0.717) is 21.3 Å². The number of pyridine rings is 1. The maximum absolute atomic E-state index is 12.2. The summed E-state index contributed by atoms with van der Waals surface area (Å²) in [6.07, 6.45) is 1.49. The van der Waals surface area contributed by atoms with Crippen molar-refractivity contribution in [3.8, 4) is 0 Å². The predicted octanol–water partition coefficient (Wildman–Crippen LogP) is 4.86. The minimum atomic E-state index is -0.294. The van der Waals surface area contributed by atoms with Crippen LogP contribution in [0.4, 0.5) is 5.69 Å². The zero-order valence-corrected chi connectivity index (χ0v) is 12.4. The van der Waals surface area contributed by atoms with Crippen LogP contribution in [0.3, 0.4) is 0 Å². The normalized spacial score (nSPS) is 10.7. The molecule has 3 rings (SSSR count). The van der Waals surface area contributed by atoms with Gasteiger partial charge >= 0.3 is 0 Å². The first-order chi connectivity index (χ1) is 9.65. The zero-order chi connectivity index (χ0) is 14.1. The molecule has 20 heavy (non-hydrogen) atoms. The van der Waals surface area contributed by atoms with E-state index in [1.165, 1.54) is 17.5 Å². The van der Waals surface area contributed by atoms with E-state index < -0.39 is 0 Å². The second-order valence-electron chi connectivity index (χ2n) is 4.09. The molecule has 0 saturated carbocycles. The van der Waals surface area contributed by atoms with Crippen molar-refractivity contribution in [2.24, 2.45) is 0 Å². The molecular formula is C14H8Cl2N2OS. The molecule has 2 aromatic heterocycles. The van der Waals surface area contributed by atoms with Crippen molar-refractivity contribution in [2.45, 2.75) is 0 Å². The Bertz CT molecular complexity index is 783. The molecule has 6 heteroatoms. The van der Waals surface area contributed by atoms with Crippen LogP contribution in [0.15, 0.2) is 41.9 Å². The molecule has 0 fully saturated rings. The lowest BCUT2D eigenvalue weighted by Gasteiger charge is -2.07. The number of benzene rings is 1. The van der Waals surface area contributed by atoms with Gasteiger partial charge in [0.2, 0.25) is 0 Å². The van der Waals surface area contributed by atoms with Gasteiger partial charge in [0.05, 0.1) is 10.6 Å². The Morgan fingerprint density at radius 3 is 2.65 bits per heavy atom. The fraction of sp³-hybridized carbons (Fsp3) is 0. The number of carbonyl (C=O) groups excluding carboxylic acids is 1. The summed E-state index contributed by atoms with van der Waals surface area (Å²) >= 11 is 13.5. The summed E-state index contributed by atoms with van der Waals surface area (Å²) in [5.74, 6) is -0.294. The standard InChI is InChI=1S/C14H8Cl2N2OS/c15-8-1-3-9(4-2-8)18-13(19)11-7-17-14-10(12(11)16)5-6-20-14/h1-7H,(H,18,19). The van der Waals surface area contributed by atoms with Crippen molar-refractivity contribution in [3.05, 3.63) is 57.5 Å². The molecule has 1 aromatic carbocycles. The number of nitrogens with one attached hydrogen (secondary N) is 1. The van der Waals surface area contributed by atoms with Crippen LogP contribution in [0.2, 0.25) is 10.0 Å². The topological polar surface area (TPSA) is 42.0 Å². The van der Waals surface area contributed by atoms with Gasteiger partial charge in [-0.15, -0.1) is 11.3 Å². The summed E-state index contributed by atoms with van der Waals surface area (Å²) in [6, 6.07) is 8.72. The van der Waals surface area contributed by atoms with Gasteiger partial charge in [-0.05, 0) is 35.7 Å². The third kappa shape index (κ3) is 2.50. The summed E-state index contributed by atoms with van der Waals surface area (Å²) in [5, 5.41) is 6.48. The predicted molar refractivity (Wildman–Crippen MR) is 84.0 cm³/mol. The number of hydrogen-bond acceptors (Lipinski definition) is 3. The quantitative estimate of drug-likeness (QED) is 0.732. The molecule has 0 unspecified atom stereocenters. The Hall–Kier alpha value is -1.62. The van der Waals surface area contributed by atoms with Crippen molar-refractivity contribution in [3.63, 3.8) is 0 Å². The van der Waals surface area contributed by atoms with Gasteiger partial charge in [-0.2, -0.15) is 0 Å². The molecule has 0 aliphatic rings. The molecular weight excluding hydrogens is 315 g/mol. The van der Waals surface area contributed by atoms with Crippen LogP contribution in [-0.4, -0.2) is 10.9 Å². The van der Waals surface area contributed by atoms with Crippen LogP contribution in [0, 0.1) is 0 Å². The minimum Gasteiger partial charge on any atom is -0.322 e. The lowest BCUT2D eigenvalue weighted by atomic mass is 10.2. The molecule has 0 bridgehead atoms. The number of rotatable bonds is 2. The van der Waals surface area contributed by atoms with E-state index >= 15 is 0 Å². The third-order valence-corrected chi connectivity index (χ3v) is 4.26. The van der Waals surface area contributed by atoms with E-state index in [9.17, 15) is 4.79 Å². The number of carbonyl (C=O) groups is 1. The summed E-state index contributed by atoms with van der Waals surface area (Å²) in [4.78, 5) is 17.3. The van der Waals surface area contributed by atoms with Gasteiger partial charge in [0, 0.05) is 22.3 Å². The first-order valence-corrected chi connectivity index (χ1v) is 7.37. The van der Waals surface area contributed by atoms with Gasteiger partial charge in [-0.25, -0.2) is 4.98 Å². The summed E-state index contributed by atoms with van der Waals surface area (Å²) in [7, 11) is 0. The Kier molecular flexibility index (Phi) is 3.61. The first kappa shape index (κ1) is 13.4. The fourth-order valence-corrected chi connectivity index (χ4v) is 3.00. The zero-order valence-electron chi connectivity index (χ0n) is 10.1. The van der Waals surface area contributed by atoms with E-state index in [1.54, 1.807) is 24.3 Å². The number of aromatic nitrogens is 1. The smallest absolute Gasteiger partial charge is 0.258 e. The fourth-order valence-electron chi connectivity index (χ4n) is 1.78. The highest BCUT2D eigenvalue weighted by atomic mass is 35.5. The molecule has 0 radical (unpaired) electrons. The van der Waals surface area contributed by atoms with Crippen LogP contribution in [-0.2, 0) is 0 Å². The second-order valence-corrected chi connectivity index (χ2v) is 5.80. The third-order valence-electron chi connectivity index (χ3n) is 2.78.